The van der Waals surface area contributed by atoms with Gasteiger partial charge < -0.3 is 14.7 Å². The lowest BCUT2D eigenvalue weighted by Gasteiger charge is -2.22. The summed E-state index contributed by atoms with van der Waals surface area (Å²) in [5, 5.41) is 14.2. The van der Waals surface area contributed by atoms with Crippen LogP contribution in [-0.2, 0) is 17.4 Å². The number of hydrogen-bond acceptors (Lipinski definition) is 4. The highest BCUT2D eigenvalue weighted by atomic mass is 16.5. The molecule has 1 aromatic heterocycles. The van der Waals surface area contributed by atoms with E-state index in [-0.39, 0.29) is 12.6 Å². The molecule has 1 aliphatic heterocycles. The van der Waals surface area contributed by atoms with E-state index in [2.05, 4.69) is 5.10 Å². The third kappa shape index (κ3) is 2.19. The van der Waals surface area contributed by atoms with E-state index in [4.69, 9.17) is 4.74 Å². The van der Waals surface area contributed by atoms with Gasteiger partial charge in [-0.15, -0.1) is 0 Å². The fraction of sp³-hybridized carbons (Fsp3) is 0.667. The first-order chi connectivity index (χ1) is 8.77. The molecule has 2 rings (SSSR count). The van der Waals surface area contributed by atoms with E-state index in [0.29, 0.717) is 5.82 Å². The topological polar surface area (TPSA) is 70.8 Å². The van der Waals surface area contributed by atoms with Crippen molar-refractivity contribution in [1.82, 2.24) is 14.7 Å². The highest BCUT2D eigenvalue weighted by molar-refractivity contribution is 5.93. The van der Waals surface area contributed by atoms with E-state index in [1.54, 1.807) is 32.0 Å². The van der Waals surface area contributed by atoms with Gasteiger partial charge in [-0.2, -0.15) is 5.10 Å². The number of hydrogen-bond donors (Lipinski definition) is 1. The predicted octanol–water partition coefficient (Wildman–Crippen LogP) is 0.492. The van der Waals surface area contributed by atoms with Crippen LogP contribution in [0.15, 0.2) is 6.07 Å². The van der Waals surface area contributed by atoms with Crippen molar-refractivity contribution in [3.05, 3.63) is 11.8 Å². The Morgan fingerprint density at radius 3 is 2.58 bits per heavy atom. The predicted molar refractivity (Wildman–Crippen MR) is 69.8 cm³/mol. The molecule has 0 saturated carbocycles. The molecule has 1 fully saturated rings. The van der Waals surface area contributed by atoms with Gasteiger partial charge in [0.25, 0.3) is 0 Å². The van der Waals surface area contributed by atoms with Crippen LogP contribution in [0, 0.1) is 0 Å². The molecule has 106 valence electrons. The summed E-state index contributed by atoms with van der Waals surface area (Å²) in [5.74, 6) is 0.435. The van der Waals surface area contributed by atoms with Crippen molar-refractivity contribution >= 4 is 11.8 Å². The van der Waals surface area contributed by atoms with E-state index in [1.807, 2.05) is 13.8 Å². The van der Waals surface area contributed by atoms with Crippen LogP contribution in [0.1, 0.15) is 19.5 Å². The number of nitrogens with zero attached hydrogens (tertiary/aromatic N) is 4. The molecule has 1 saturated heterocycles. The van der Waals surface area contributed by atoms with Crippen molar-refractivity contribution in [3.63, 3.8) is 0 Å². The third-order valence-electron chi connectivity index (χ3n) is 3.51. The van der Waals surface area contributed by atoms with E-state index in [1.165, 1.54) is 9.80 Å². The number of ether oxygens (including phenoxy) is 1. The number of β-amino-alcohol motifs (C(OH)–C–C–N with tert-alkyl or cyclic N) is 1. The molecule has 2 amide bonds. The Labute approximate surface area is 112 Å². The van der Waals surface area contributed by atoms with Crippen LogP contribution in [0.5, 0.6) is 0 Å². The molecule has 1 atom stereocenters. The molecule has 1 unspecified atom stereocenters. The summed E-state index contributed by atoms with van der Waals surface area (Å²) in [6.45, 7) is 4.11. The summed E-state index contributed by atoms with van der Waals surface area (Å²) in [5.41, 5.74) is 0.319. The average molecular weight is 268 g/mol. The fourth-order valence-corrected chi connectivity index (χ4v) is 2.20. The second-order valence-electron chi connectivity index (χ2n) is 5.24. The van der Waals surface area contributed by atoms with Crippen LogP contribution < -0.4 is 4.90 Å². The summed E-state index contributed by atoms with van der Waals surface area (Å²) >= 11 is 0. The number of aryl methyl sites for hydroxylation is 1. The Kier molecular flexibility index (Phi) is 3.27. The Bertz CT molecular complexity index is 497. The lowest BCUT2D eigenvalue weighted by Crippen LogP contribution is -2.34. The lowest BCUT2D eigenvalue weighted by molar-refractivity contribution is 0.0123. The van der Waals surface area contributed by atoms with Gasteiger partial charge in [-0.1, -0.05) is 0 Å². The second kappa shape index (κ2) is 4.50. The second-order valence-corrected chi connectivity index (χ2v) is 5.24. The van der Waals surface area contributed by atoms with Crippen molar-refractivity contribution in [3.8, 4) is 0 Å². The number of carbonyl (C=O) groups is 1. The molecule has 0 aromatic carbocycles. The quantitative estimate of drug-likeness (QED) is 0.866. The monoisotopic (exact) mass is 268 g/mol. The third-order valence-corrected chi connectivity index (χ3v) is 3.51. The molecule has 0 radical (unpaired) electrons. The molecule has 0 spiro atoms. The van der Waals surface area contributed by atoms with Crippen molar-refractivity contribution in [2.24, 2.45) is 7.05 Å². The first-order valence-electron chi connectivity index (χ1n) is 6.10. The number of amides is 2. The van der Waals surface area contributed by atoms with E-state index >= 15 is 0 Å². The molecule has 1 N–H and O–H groups in total. The maximum atomic E-state index is 12.0. The van der Waals surface area contributed by atoms with Crippen LogP contribution >= 0.6 is 0 Å². The minimum atomic E-state index is -0.870. The van der Waals surface area contributed by atoms with Crippen LogP contribution in [0.3, 0.4) is 0 Å². The lowest BCUT2D eigenvalue weighted by atomic mass is 10.1. The number of carbonyl (C=O) groups excluding carboxylic acids is 1. The van der Waals surface area contributed by atoms with Gasteiger partial charge in [0.05, 0.1) is 12.2 Å². The molecular weight excluding hydrogens is 248 g/mol. The molecule has 7 heteroatoms. The highest BCUT2D eigenvalue weighted by Gasteiger charge is 2.37. The number of aromatic nitrogens is 2. The van der Waals surface area contributed by atoms with Gasteiger partial charge in [0.1, 0.15) is 5.60 Å². The van der Waals surface area contributed by atoms with Crippen LogP contribution in [0.25, 0.3) is 0 Å². The molecule has 1 aliphatic rings. The molecule has 0 aliphatic carbocycles. The molecule has 2 heterocycles. The number of aliphatic hydroxyl groups is 1. The molecule has 7 nitrogen and oxygen atoms in total. The molecule has 1 aromatic rings. The highest BCUT2D eigenvalue weighted by Crippen LogP contribution is 2.29. The van der Waals surface area contributed by atoms with Crippen molar-refractivity contribution < 1.29 is 14.6 Å². The van der Waals surface area contributed by atoms with Gasteiger partial charge in [0, 0.05) is 27.3 Å². The number of likely N-dealkylation sites (N-methyl/N-ethyl adjacent to an activating group) is 1. The van der Waals surface area contributed by atoms with E-state index < -0.39 is 11.8 Å². The molecular formula is C12H20N4O3. The van der Waals surface area contributed by atoms with Gasteiger partial charge in [0.2, 0.25) is 0 Å². The Morgan fingerprint density at radius 2 is 2.11 bits per heavy atom. The van der Waals surface area contributed by atoms with Gasteiger partial charge in [-0.05, 0) is 13.8 Å². The summed E-state index contributed by atoms with van der Waals surface area (Å²) < 4.78 is 7.08. The van der Waals surface area contributed by atoms with Gasteiger partial charge in [0.15, 0.2) is 12.0 Å². The standard InChI is InChI=1S/C12H20N4O3/c1-12(2,19-5)8-6-9(13-15(8)4)16-10(17)7-14(3)11(16)18/h6,10,17H,7H2,1-5H3. The minimum Gasteiger partial charge on any atom is -0.373 e. The summed E-state index contributed by atoms with van der Waals surface area (Å²) in [6.07, 6.45) is -0.870. The van der Waals surface area contributed by atoms with Crippen molar-refractivity contribution in [1.29, 1.82) is 0 Å². The average Bonchev–Trinajstić information content (AvgIpc) is 2.81. The van der Waals surface area contributed by atoms with Crippen molar-refractivity contribution in [2.75, 3.05) is 25.6 Å². The van der Waals surface area contributed by atoms with Gasteiger partial charge in [-0.3, -0.25) is 4.68 Å². The SMILES string of the molecule is COC(C)(C)c1cc(N2C(=O)N(C)CC2O)nn1C. The number of rotatable bonds is 3. The van der Waals surface area contributed by atoms with E-state index in [0.717, 1.165) is 5.69 Å². The zero-order valence-electron chi connectivity index (χ0n) is 11.9. The smallest absolute Gasteiger partial charge is 0.327 e. The summed E-state index contributed by atoms with van der Waals surface area (Å²) in [4.78, 5) is 14.7. The zero-order chi connectivity index (χ0) is 14.4. The summed E-state index contributed by atoms with van der Waals surface area (Å²) in [6, 6.07) is 1.51. The van der Waals surface area contributed by atoms with Crippen LogP contribution in [0.2, 0.25) is 0 Å². The Hall–Kier alpha value is -1.60. The number of aliphatic hydroxyl groups excluding tert-OH is 1. The van der Waals surface area contributed by atoms with Crippen LogP contribution in [0.4, 0.5) is 10.6 Å². The Balaban J connectivity index is 2.38. The normalized spacial score (nSPS) is 20.5. The minimum absolute atomic E-state index is 0.257. The zero-order valence-corrected chi connectivity index (χ0v) is 11.9. The number of urea groups is 1. The fourth-order valence-electron chi connectivity index (χ4n) is 2.20. The maximum Gasteiger partial charge on any atom is 0.327 e. The number of methoxy groups -OCH3 is 1. The van der Waals surface area contributed by atoms with Crippen molar-refractivity contribution in [2.45, 2.75) is 25.7 Å². The van der Waals surface area contributed by atoms with Crippen LogP contribution in [-0.4, -0.2) is 52.7 Å². The van der Waals surface area contributed by atoms with E-state index in [9.17, 15) is 9.90 Å². The largest absolute Gasteiger partial charge is 0.373 e. The Morgan fingerprint density at radius 1 is 1.47 bits per heavy atom. The maximum absolute atomic E-state index is 12.0. The summed E-state index contributed by atoms with van der Waals surface area (Å²) in [7, 11) is 5.06. The first kappa shape index (κ1) is 13.8. The molecule has 0 bridgehead atoms. The number of anilines is 1. The van der Waals surface area contributed by atoms with Gasteiger partial charge in [-0.25, -0.2) is 9.69 Å². The molecule has 19 heavy (non-hydrogen) atoms. The van der Waals surface area contributed by atoms with Gasteiger partial charge >= 0.3 is 6.03 Å². The first-order valence-corrected chi connectivity index (χ1v) is 6.10.